The Labute approximate surface area is 284 Å². The topological polar surface area (TPSA) is 12.0 Å². The number of aryl methyl sites for hydroxylation is 1. The number of anilines is 1. The molecule has 1 saturated carbocycles. The highest BCUT2D eigenvalue weighted by Crippen LogP contribution is 2.56. The van der Waals surface area contributed by atoms with Crippen LogP contribution in [0.25, 0.3) is 0 Å². The smallest absolute Gasteiger partial charge is 0.0337 e. The molecule has 3 rings (SSSR count). The van der Waals surface area contributed by atoms with Crippen LogP contribution in [0, 0.1) is 45.8 Å². The van der Waals surface area contributed by atoms with Gasteiger partial charge in [0.15, 0.2) is 0 Å². The van der Waals surface area contributed by atoms with Gasteiger partial charge in [-0.1, -0.05) is 133 Å². The fourth-order valence-corrected chi connectivity index (χ4v) is 7.80. The van der Waals surface area contributed by atoms with Gasteiger partial charge in [-0.2, -0.15) is 0 Å². The van der Waals surface area contributed by atoms with Crippen LogP contribution in [0.5, 0.6) is 0 Å². The van der Waals surface area contributed by atoms with E-state index in [9.17, 15) is 0 Å². The van der Waals surface area contributed by atoms with Gasteiger partial charge < -0.3 is 5.32 Å². The number of hydrogen-bond acceptors (Lipinski definition) is 1. The largest absolute Gasteiger partial charge is 0.388 e. The minimum Gasteiger partial charge on any atom is -0.388 e. The van der Waals surface area contributed by atoms with Crippen LogP contribution in [-0.4, -0.2) is 7.05 Å². The average Bonchev–Trinajstić information content (AvgIpc) is 2.96. The third kappa shape index (κ3) is 17.3. The van der Waals surface area contributed by atoms with Crippen LogP contribution >= 0.6 is 0 Å². The van der Waals surface area contributed by atoms with Crippen molar-refractivity contribution < 1.29 is 0 Å². The van der Waals surface area contributed by atoms with Gasteiger partial charge in [0.2, 0.25) is 0 Å². The molecule has 1 aromatic rings. The summed E-state index contributed by atoms with van der Waals surface area (Å²) >= 11 is 0. The van der Waals surface area contributed by atoms with Crippen molar-refractivity contribution in [1.82, 2.24) is 0 Å². The zero-order valence-corrected chi connectivity index (χ0v) is 33.2. The number of nitrogens with one attached hydrogen (secondary N) is 1. The molecule has 1 N–H and O–H groups in total. The fraction of sp³-hybridized carbons (Fsp3) is 0.773. The van der Waals surface area contributed by atoms with E-state index in [1.807, 2.05) is 26.5 Å². The maximum Gasteiger partial charge on any atom is 0.0337 e. The normalized spacial score (nSPS) is 23.5. The molecule has 1 heteroatoms. The SMILES string of the molecule is C=C.CC.CC(C)(C)C.CNc1ccc(CCC2CCC3(C)C(=CCC(C)C3CCC(C)(C)CC(C)CCCC(C)C)C2)cc1. The van der Waals surface area contributed by atoms with Gasteiger partial charge in [0.05, 0.1) is 0 Å². The number of allylic oxidation sites excluding steroid dienone is 2. The van der Waals surface area contributed by atoms with E-state index in [-0.39, 0.29) is 0 Å². The second-order valence-corrected chi connectivity index (χ2v) is 17.4. The molecular weight excluding hydrogens is 542 g/mol. The van der Waals surface area contributed by atoms with E-state index in [4.69, 9.17) is 0 Å². The van der Waals surface area contributed by atoms with Crippen molar-refractivity contribution in [2.75, 3.05) is 12.4 Å². The number of fused-ring (bicyclic) bond motifs is 1. The van der Waals surface area contributed by atoms with E-state index in [1.54, 1.807) is 0 Å². The van der Waals surface area contributed by atoms with Gasteiger partial charge >= 0.3 is 0 Å². The summed E-state index contributed by atoms with van der Waals surface area (Å²) in [4.78, 5) is 0. The molecule has 2 aliphatic rings. The Bertz CT molecular complexity index is 907. The first-order valence-corrected chi connectivity index (χ1v) is 19.0. The van der Waals surface area contributed by atoms with Gasteiger partial charge in [-0.15, -0.1) is 13.2 Å². The van der Waals surface area contributed by atoms with Gasteiger partial charge in [0, 0.05) is 12.7 Å². The van der Waals surface area contributed by atoms with Crippen LogP contribution in [0.3, 0.4) is 0 Å². The Morgan fingerprint density at radius 3 is 2.04 bits per heavy atom. The number of hydrogen-bond donors (Lipinski definition) is 1. The summed E-state index contributed by atoms with van der Waals surface area (Å²) in [5.74, 6) is 4.27. The Hall–Kier alpha value is -1.50. The summed E-state index contributed by atoms with van der Waals surface area (Å²) in [6.45, 7) is 36.3. The monoisotopic (exact) mass is 624 g/mol. The van der Waals surface area contributed by atoms with Crippen molar-refractivity contribution in [2.24, 2.45) is 45.8 Å². The summed E-state index contributed by atoms with van der Waals surface area (Å²) in [6.07, 6.45) is 19.1. The zero-order chi connectivity index (χ0) is 34.8. The molecular formula is C44H81N. The van der Waals surface area contributed by atoms with Crippen LogP contribution in [0.1, 0.15) is 166 Å². The molecule has 2 aliphatic carbocycles. The number of benzene rings is 1. The minimum absolute atomic E-state index is 0.446. The van der Waals surface area contributed by atoms with Crippen molar-refractivity contribution in [3.63, 3.8) is 0 Å². The minimum atomic E-state index is 0.446. The molecule has 5 unspecified atom stereocenters. The Morgan fingerprint density at radius 2 is 1.51 bits per heavy atom. The van der Waals surface area contributed by atoms with Crippen LogP contribution in [0.15, 0.2) is 49.1 Å². The molecule has 0 aliphatic heterocycles. The lowest BCUT2D eigenvalue weighted by Crippen LogP contribution is -2.41. The first-order chi connectivity index (χ1) is 21.0. The van der Waals surface area contributed by atoms with Crippen LogP contribution in [0.4, 0.5) is 5.69 Å². The summed E-state index contributed by atoms with van der Waals surface area (Å²) in [6, 6.07) is 9.06. The Kier molecular flexibility index (Phi) is 20.7. The molecule has 0 saturated heterocycles. The molecule has 45 heavy (non-hydrogen) atoms. The second-order valence-electron chi connectivity index (χ2n) is 17.4. The molecule has 0 bridgehead atoms. The van der Waals surface area contributed by atoms with E-state index in [1.165, 1.54) is 88.3 Å². The second kappa shape index (κ2) is 21.4. The van der Waals surface area contributed by atoms with Gasteiger partial charge in [-0.05, 0) is 121 Å². The highest BCUT2D eigenvalue weighted by atomic mass is 14.8. The quantitative estimate of drug-likeness (QED) is 0.216. The molecule has 0 radical (unpaired) electrons. The van der Waals surface area contributed by atoms with Crippen molar-refractivity contribution in [1.29, 1.82) is 0 Å². The van der Waals surface area contributed by atoms with Crippen LogP contribution < -0.4 is 5.32 Å². The first-order valence-electron chi connectivity index (χ1n) is 19.0. The highest BCUT2D eigenvalue weighted by Gasteiger charge is 2.45. The lowest BCUT2D eigenvalue weighted by atomic mass is 9.54. The lowest BCUT2D eigenvalue weighted by Gasteiger charge is -2.51. The van der Waals surface area contributed by atoms with Crippen molar-refractivity contribution in [3.05, 3.63) is 54.6 Å². The first kappa shape index (κ1) is 43.5. The molecule has 0 heterocycles. The Morgan fingerprint density at radius 1 is 0.933 bits per heavy atom. The zero-order valence-electron chi connectivity index (χ0n) is 33.2. The third-order valence-electron chi connectivity index (χ3n) is 10.2. The average molecular weight is 624 g/mol. The van der Waals surface area contributed by atoms with E-state index < -0.39 is 0 Å². The molecule has 1 aromatic carbocycles. The van der Waals surface area contributed by atoms with Gasteiger partial charge in [0.1, 0.15) is 0 Å². The van der Waals surface area contributed by atoms with Gasteiger partial charge in [0.25, 0.3) is 0 Å². The van der Waals surface area contributed by atoms with Crippen molar-refractivity contribution in [2.45, 2.75) is 167 Å². The van der Waals surface area contributed by atoms with E-state index in [2.05, 4.69) is 125 Å². The van der Waals surface area contributed by atoms with E-state index in [0.29, 0.717) is 16.2 Å². The molecule has 5 atom stereocenters. The lowest BCUT2D eigenvalue weighted by molar-refractivity contribution is 0.0759. The standard InChI is InChI=1S/C35H59N.C5H12.C2H6.C2H4/c1-26(2)10-9-11-27(3)25-34(5,6)22-21-33-28(4)12-17-31-24-30(20-23-35(31,33)7)14-13-29-15-18-32(36-8)19-16-29;1-5(2,3)4;2*1-2/h15-19,26-28,30,33,36H,9-14,20-25H2,1-8H3;1-4H3;1-2H3;1-2H2. The van der Waals surface area contributed by atoms with Gasteiger partial charge in [-0.3, -0.25) is 0 Å². The summed E-state index contributed by atoms with van der Waals surface area (Å²) < 4.78 is 0. The summed E-state index contributed by atoms with van der Waals surface area (Å²) in [5, 5.41) is 3.24. The maximum absolute atomic E-state index is 3.24. The summed E-state index contributed by atoms with van der Waals surface area (Å²) in [7, 11) is 2.00. The third-order valence-corrected chi connectivity index (χ3v) is 10.2. The van der Waals surface area contributed by atoms with E-state index in [0.717, 1.165) is 29.6 Å². The fourth-order valence-electron chi connectivity index (χ4n) is 7.80. The predicted molar refractivity (Wildman–Crippen MR) is 208 cm³/mol. The molecule has 262 valence electrons. The Balaban J connectivity index is 0.00000192. The summed E-state index contributed by atoms with van der Waals surface area (Å²) in [5.41, 5.74) is 5.94. The molecule has 0 amide bonds. The maximum atomic E-state index is 3.24. The van der Waals surface area contributed by atoms with Crippen LogP contribution in [0.2, 0.25) is 0 Å². The van der Waals surface area contributed by atoms with Crippen molar-refractivity contribution >= 4 is 5.69 Å². The molecule has 0 spiro atoms. The predicted octanol–water partition coefficient (Wildman–Crippen LogP) is 14.6. The number of rotatable bonds is 13. The van der Waals surface area contributed by atoms with Gasteiger partial charge in [-0.25, -0.2) is 0 Å². The molecule has 1 fully saturated rings. The highest BCUT2D eigenvalue weighted by molar-refractivity contribution is 5.43. The van der Waals surface area contributed by atoms with E-state index >= 15 is 0 Å². The molecule has 0 aromatic heterocycles. The van der Waals surface area contributed by atoms with Crippen molar-refractivity contribution in [3.8, 4) is 0 Å². The van der Waals surface area contributed by atoms with Crippen LogP contribution in [-0.2, 0) is 6.42 Å². The molecule has 1 nitrogen and oxygen atoms in total.